The van der Waals surface area contributed by atoms with Gasteiger partial charge in [0.2, 0.25) is 0 Å². The van der Waals surface area contributed by atoms with Gasteiger partial charge in [0.15, 0.2) is 5.76 Å². The second-order valence-electron chi connectivity index (χ2n) is 4.58. The van der Waals surface area contributed by atoms with Gasteiger partial charge in [-0.2, -0.15) is 0 Å². The molecule has 1 heterocycles. The molecule has 0 unspecified atom stereocenters. The Morgan fingerprint density at radius 1 is 1.24 bits per heavy atom. The second-order valence-corrected chi connectivity index (χ2v) is 4.58. The Morgan fingerprint density at radius 3 is 2.68 bits per heavy atom. The molecule has 128 valence electrons. The van der Waals surface area contributed by atoms with Crippen LogP contribution in [0.4, 0.5) is 5.88 Å². The third-order valence-corrected chi connectivity index (χ3v) is 2.91. The molecule has 1 aromatic heterocycles. The Bertz CT molecular complexity index is 862. The molecule has 1 aromatic carbocycles. The van der Waals surface area contributed by atoms with Gasteiger partial charge in [-0.05, 0) is 18.2 Å². The quantitative estimate of drug-likeness (QED) is 0.457. The van der Waals surface area contributed by atoms with Gasteiger partial charge in [0.1, 0.15) is 17.3 Å². The van der Waals surface area contributed by atoms with Crippen LogP contribution in [0.25, 0.3) is 0 Å². The molecule has 0 aliphatic heterocycles. The van der Waals surface area contributed by atoms with E-state index in [-0.39, 0.29) is 24.5 Å². The highest BCUT2D eigenvalue weighted by Gasteiger charge is 2.16. The number of amides is 2. The fourth-order valence-corrected chi connectivity index (χ4v) is 1.78. The molecule has 0 aliphatic rings. The minimum atomic E-state index is -0.738. The standard InChI is InChI=1S/C16H13N3O6/c17-15(20)11-5-1-2-6-12(11)24-10-4-3-9-18-16(21)13-7-8-14(25-13)19(22)23/h1-2,5-8H,9-10H2,(H2,17,20)(H,18,21). The largest absolute Gasteiger partial charge is 0.480 e. The van der Waals surface area contributed by atoms with Crippen molar-refractivity contribution in [2.45, 2.75) is 0 Å². The zero-order valence-corrected chi connectivity index (χ0v) is 12.9. The zero-order valence-electron chi connectivity index (χ0n) is 12.9. The Hall–Kier alpha value is -3.80. The summed E-state index contributed by atoms with van der Waals surface area (Å²) in [5.41, 5.74) is 5.47. The first kappa shape index (κ1) is 17.6. The van der Waals surface area contributed by atoms with Crippen LogP contribution < -0.4 is 15.8 Å². The molecule has 0 saturated heterocycles. The molecule has 0 saturated carbocycles. The summed E-state index contributed by atoms with van der Waals surface area (Å²) in [6, 6.07) is 8.77. The summed E-state index contributed by atoms with van der Waals surface area (Å²) in [4.78, 5) is 32.6. The molecule has 9 nitrogen and oxygen atoms in total. The lowest BCUT2D eigenvalue weighted by Gasteiger charge is -2.05. The van der Waals surface area contributed by atoms with Crippen LogP contribution in [0.2, 0.25) is 0 Å². The molecule has 0 spiro atoms. The van der Waals surface area contributed by atoms with Gasteiger partial charge >= 0.3 is 5.88 Å². The number of nitrogens with zero attached hydrogens (tertiary/aromatic N) is 1. The molecule has 2 rings (SSSR count). The van der Waals surface area contributed by atoms with Crippen LogP contribution in [-0.2, 0) is 0 Å². The number of para-hydroxylation sites is 1. The molecule has 0 radical (unpaired) electrons. The van der Waals surface area contributed by atoms with Crippen LogP contribution >= 0.6 is 0 Å². The van der Waals surface area contributed by atoms with Crippen molar-refractivity contribution in [3.05, 3.63) is 57.8 Å². The van der Waals surface area contributed by atoms with Gasteiger partial charge in [-0.25, -0.2) is 0 Å². The maximum Gasteiger partial charge on any atom is 0.433 e. The molecular formula is C16H13N3O6. The molecule has 2 amide bonds. The summed E-state index contributed by atoms with van der Waals surface area (Å²) in [5, 5.41) is 12.9. The number of benzene rings is 1. The highest BCUT2D eigenvalue weighted by Crippen LogP contribution is 2.17. The number of nitrogens with two attached hydrogens (primary N) is 1. The summed E-state index contributed by atoms with van der Waals surface area (Å²) in [6.07, 6.45) is 0. The van der Waals surface area contributed by atoms with E-state index in [1.54, 1.807) is 18.2 Å². The lowest BCUT2D eigenvalue weighted by atomic mass is 10.2. The van der Waals surface area contributed by atoms with Gasteiger partial charge in [0, 0.05) is 0 Å². The van der Waals surface area contributed by atoms with E-state index in [9.17, 15) is 19.7 Å². The third kappa shape index (κ3) is 4.84. The van der Waals surface area contributed by atoms with E-state index in [1.807, 2.05) is 0 Å². The molecule has 2 aromatic rings. The van der Waals surface area contributed by atoms with E-state index in [0.29, 0.717) is 5.75 Å². The topological polar surface area (TPSA) is 138 Å². The predicted molar refractivity (Wildman–Crippen MR) is 85.9 cm³/mol. The fraction of sp³-hybridized carbons (Fsp3) is 0.125. The lowest BCUT2D eigenvalue weighted by molar-refractivity contribution is -0.402. The SMILES string of the molecule is NC(=O)c1ccccc1OCC#CCNC(=O)c1ccc([N+](=O)[O-])o1. The predicted octanol–water partition coefficient (Wildman–Crippen LogP) is 1.10. The minimum absolute atomic E-state index is 0.00580. The summed E-state index contributed by atoms with van der Waals surface area (Å²) in [7, 11) is 0. The lowest BCUT2D eigenvalue weighted by Crippen LogP contribution is -2.23. The minimum Gasteiger partial charge on any atom is -0.480 e. The van der Waals surface area contributed by atoms with Gasteiger partial charge in [-0.3, -0.25) is 19.7 Å². The molecule has 0 bridgehead atoms. The van der Waals surface area contributed by atoms with E-state index >= 15 is 0 Å². The van der Waals surface area contributed by atoms with E-state index < -0.39 is 22.6 Å². The summed E-state index contributed by atoms with van der Waals surface area (Å²) >= 11 is 0. The second kappa shape index (κ2) is 8.16. The number of ether oxygens (including phenoxy) is 1. The fourth-order valence-electron chi connectivity index (χ4n) is 1.78. The van der Waals surface area contributed by atoms with Crippen molar-refractivity contribution < 1.29 is 23.7 Å². The van der Waals surface area contributed by atoms with Crippen LogP contribution in [0.3, 0.4) is 0 Å². The van der Waals surface area contributed by atoms with Crippen molar-refractivity contribution in [2.24, 2.45) is 5.73 Å². The number of primary amides is 1. The molecule has 0 aliphatic carbocycles. The average molecular weight is 343 g/mol. The van der Waals surface area contributed by atoms with Crippen molar-refractivity contribution >= 4 is 17.7 Å². The molecule has 9 heteroatoms. The highest BCUT2D eigenvalue weighted by molar-refractivity contribution is 5.95. The Morgan fingerprint density at radius 2 is 2.00 bits per heavy atom. The van der Waals surface area contributed by atoms with Crippen LogP contribution in [0.15, 0.2) is 40.8 Å². The first-order valence-electron chi connectivity index (χ1n) is 6.99. The van der Waals surface area contributed by atoms with Crippen LogP contribution in [0, 0.1) is 22.0 Å². The maximum atomic E-state index is 11.7. The van der Waals surface area contributed by atoms with Crippen LogP contribution in [0.1, 0.15) is 20.9 Å². The van der Waals surface area contributed by atoms with E-state index in [0.717, 1.165) is 6.07 Å². The molecule has 0 fully saturated rings. The monoisotopic (exact) mass is 343 g/mol. The number of rotatable bonds is 6. The summed E-state index contributed by atoms with van der Waals surface area (Å²) < 4.78 is 10.1. The Kier molecular flexibility index (Phi) is 5.73. The number of carbonyl (C=O) groups excluding carboxylic acids is 2. The number of hydrogen-bond donors (Lipinski definition) is 2. The van der Waals surface area contributed by atoms with Crippen molar-refractivity contribution in [2.75, 3.05) is 13.2 Å². The van der Waals surface area contributed by atoms with E-state index in [1.165, 1.54) is 12.1 Å². The van der Waals surface area contributed by atoms with Crippen molar-refractivity contribution in [1.82, 2.24) is 5.32 Å². The first-order valence-corrected chi connectivity index (χ1v) is 6.99. The molecule has 3 N–H and O–H groups in total. The van der Waals surface area contributed by atoms with Crippen LogP contribution in [0.5, 0.6) is 5.75 Å². The van der Waals surface area contributed by atoms with Crippen LogP contribution in [-0.4, -0.2) is 29.9 Å². The molecular weight excluding hydrogens is 330 g/mol. The van der Waals surface area contributed by atoms with E-state index in [4.69, 9.17) is 14.9 Å². The summed E-state index contributed by atoms with van der Waals surface area (Å²) in [6.45, 7) is -0.0133. The highest BCUT2D eigenvalue weighted by atomic mass is 16.6. The van der Waals surface area contributed by atoms with Gasteiger partial charge in [0.25, 0.3) is 11.8 Å². The number of hydrogen-bond acceptors (Lipinski definition) is 6. The molecule has 25 heavy (non-hydrogen) atoms. The smallest absolute Gasteiger partial charge is 0.433 e. The Balaban J connectivity index is 1.80. The van der Waals surface area contributed by atoms with Crippen molar-refractivity contribution in [3.63, 3.8) is 0 Å². The number of carbonyl (C=O) groups is 2. The van der Waals surface area contributed by atoms with Gasteiger partial charge in [0.05, 0.1) is 18.2 Å². The van der Waals surface area contributed by atoms with Crippen molar-refractivity contribution in [3.8, 4) is 17.6 Å². The van der Waals surface area contributed by atoms with E-state index in [2.05, 4.69) is 17.2 Å². The third-order valence-electron chi connectivity index (χ3n) is 2.91. The average Bonchev–Trinajstić information content (AvgIpc) is 3.08. The first-order chi connectivity index (χ1) is 12.0. The number of furan rings is 1. The number of nitrogens with one attached hydrogen (secondary N) is 1. The normalized spacial score (nSPS) is 9.60. The molecule has 0 atom stereocenters. The van der Waals surface area contributed by atoms with Gasteiger partial charge in [-0.15, -0.1) is 0 Å². The van der Waals surface area contributed by atoms with Gasteiger partial charge in [-0.1, -0.05) is 24.0 Å². The number of nitro groups is 1. The van der Waals surface area contributed by atoms with Gasteiger partial charge < -0.3 is 20.2 Å². The van der Waals surface area contributed by atoms with Crippen molar-refractivity contribution in [1.29, 1.82) is 0 Å². The zero-order chi connectivity index (χ0) is 18.2. The maximum absolute atomic E-state index is 11.7. The Labute approximate surface area is 141 Å². The summed E-state index contributed by atoms with van der Waals surface area (Å²) in [5.74, 6) is 3.68.